The first-order valence-electron chi connectivity index (χ1n) is 7.21. The Hall–Kier alpha value is -1.51. The Kier molecular flexibility index (Phi) is 4.83. The van der Waals surface area contributed by atoms with Crippen molar-refractivity contribution in [2.45, 2.75) is 39.5 Å². The topological polar surface area (TPSA) is 29.5 Å². The predicted molar refractivity (Wildman–Crippen MR) is 77.6 cm³/mol. The number of hydrogen-bond acceptors (Lipinski definition) is 3. The summed E-state index contributed by atoms with van der Waals surface area (Å²) < 4.78 is 5.24. The average Bonchev–Trinajstić information content (AvgIpc) is 2.39. The van der Waals surface area contributed by atoms with Crippen LogP contribution in [0, 0.1) is 6.92 Å². The van der Waals surface area contributed by atoms with Gasteiger partial charge in [0.1, 0.15) is 6.54 Å². The van der Waals surface area contributed by atoms with E-state index in [1.807, 2.05) is 0 Å². The van der Waals surface area contributed by atoms with Gasteiger partial charge in [0.25, 0.3) is 0 Å². The number of unbranched alkanes of at least 4 members (excludes halogenated alkanes) is 1. The molecule has 0 radical (unpaired) electrons. The maximum atomic E-state index is 11.8. The molecule has 0 spiro atoms. The minimum atomic E-state index is -0.109. The molecule has 0 amide bonds. The number of ether oxygens (including phenoxy) is 1. The molecule has 0 saturated heterocycles. The minimum absolute atomic E-state index is 0.109. The normalized spacial score (nSPS) is 14.1. The Morgan fingerprint density at radius 1 is 1.42 bits per heavy atom. The van der Waals surface area contributed by atoms with Crippen LogP contribution in [0.4, 0.5) is 5.69 Å². The van der Waals surface area contributed by atoms with Gasteiger partial charge in [-0.25, -0.2) is 0 Å². The van der Waals surface area contributed by atoms with Gasteiger partial charge in [0.05, 0.1) is 6.61 Å². The largest absolute Gasteiger partial charge is 0.464 e. The van der Waals surface area contributed by atoms with Crippen LogP contribution in [0.1, 0.15) is 37.3 Å². The van der Waals surface area contributed by atoms with Gasteiger partial charge in [-0.2, -0.15) is 0 Å². The number of nitrogens with zero attached hydrogens (tertiary/aromatic N) is 1. The molecule has 0 atom stereocenters. The molecule has 104 valence electrons. The van der Waals surface area contributed by atoms with E-state index in [2.05, 4.69) is 36.9 Å². The van der Waals surface area contributed by atoms with Gasteiger partial charge in [-0.05, 0) is 37.8 Å². The van der Waals surface area contributed by atoms with Gasteiger partial charge in [-0.1, -0.05) is 31.0 Å². The lowest BCUT2D eigenvalue weighted by Crippen LogP contribution is -2.35. The molecule has 1 aliphatic heterocycles. The number of carbonyl (C=O) groups excluding carboxylic acids is 1. The van der Waals surface area contributed by atoms with E-state index in [0.717, 1.165) is 32.2 Å². The van der Waals surface area contributed by atoms with Gasteiger partial charge in [-0.3, -0.25) is 4.79 Å². The van der Waals surface area contributed by atoms with E-state index in [0.29, 0.717) is 13.2 Å². The maximum absolute atomic E-state index is 11.8. The molecule has 1 aromatic rings. The number of hydrogen-bond donors (Lipinski definition) is 0. The molecular weight excluding hydrogens is 238 g/mol. The van der Waals surface area contributed by atoms with Crippen molar-refractivity contribution in [3.8, 4) is 0 Å². The Morgan fingerprint density at radius 3 is 3.05 bits per heavy atom. The van der Waals surface area contributed by atoms with Gasteiger partial charge >= 0.3 is 5.97 Å². The number of aryl methyl sites for hydroxylation is 2. The van der Waals surface area contributed by atoms with Crippen LogP contribution >= 0.6 is 0 Å². The molecule has 3 heteroatoms. The van der Waals surface area contributed by atoms with Gasteiger partial charge in [0.15, 0.2) is 0 Å². The lowest BCUT2D eigenvalue weighted by atomic mass is 10.00. The fraction of sp³-hybridized carbons (Fsp3) is 0.562. The van der Waals surface area contributed by atoms with Crippen LogP contribution in [-0.2, 0) is 16.0 Å². The zero-order chi connectivity index (χ0) is 13.7. The summed E-state index contributed by atoms with van der Waals surface area (Å²) in [6, 6.07) is 6.46. The summed E-state index contributed by atoms with van der Waals surface area (Å²) in [6.45, 7) is 6.07. The lowest BCUT2D eigenvalue weighted by Gasteiger charge is -2.30. The Bertz CT molecular complexity index is 442. The van der Waals surface area contributed by atoms with E-state index >= 15 is 0 Å². The average molecular weight is 261 g/mol. The quantitative estimate of drug-likeness (QED) is 0.602. The van der Waals surface area contributed by atoms with Crippen molar-refractivity contribution in [1.82, 2.24) is 0 Å². The molecule has 1 heterocycles. The number of esters is 1. The third-order valence-corrected chi connectivity index (χ3v) is 3.53. The van der Waals surface area contributed by atoms with Crippen LogP contribution in [0.5, 0.6) is 0 Å². The summed E-state index contributed by atoms with van der Waals surface area (Å²) in [5.41, 5.74) is 3.84. The molecule has 1 aliphatic rings. The van der Waals surface area contributed by atoms with E-state index in [4.69, 9.17) is 4.74 Å². The molecule has 1 aromatic carbocycles. The molecule has 0 N–H and O–H groups in total. The SMILES string of the molecule is CCCCOC(=O)CN1CCCc2cc(C)ccc21. The first kappa shape index (κ1) is 13.9. The molecule has 2 rings (SSSR count). The highest BCUT2D eigenvalue weighted by Gasteiger charge is 2.19. The highest BCUT2D eigenvalue weighted by atomic mass is 16.5. The predicted octanol–water partition coefficient (Wildman–Crippen LogP) is 3.09. The van der Waals surface area contributed by atoms with Crippen molar-refractivity contribution in [3.63, 3.8) is 0 Å². The highest BCUT2D eigenvalue weighted by molar-refractivity contribution is 5.76. The van der Waals surface area contributed by atoms with E-state index in [-0.39, 0.29) is 5.97 Å². The Morgan fingerprint density at radius 2 is 2.26 bits per heavy atom. The summed E-state index contributed by atoms with van der Waals surface area (Å²) in [6.07, 6.45) is 4.22. The number of benzene rings is 1. The lowest BCUT2D eigenvalue weighted by molar-refractivity contribution is -0.142. The van der Waals surface area contributed by atoms with Gasteiger partial charge < -0.3 is 9.64 Å². The van der Waals surface area contributed by atoms with Crippen molar-refractivity contribution in [2.75, 3.05) is 24.6 Å². The summed E-state index contributed by atoms with van der Waals surface area (Å²) in [5.74, 6) is -0.109. The van der Waals surface area contributed by atoms with Crippen molar-refractivity contribution in [2.24, 2.45) is 0 Å². The number of fused-ring (bicyclic) bond motifs is 1. The zero-order valence-electron chi connectivity index (χ0n) is 11.9. The van der Waals surface area contributed by atoms with Crippen molar-refractivity contribution in [1.29, 1.82) is 0 Å². The molecule has 0 saturated carbocycles. The number of carbonyl (C=O) groups is 1. The fourth-order valence-electron chi connectivity index (χ4n) is 2.50. The van der Waals surface area contributed by atoms with Crippen LogP contribution < -0.4 is 4.90 Å². The molecule has 0 unspecified atom stereocenters. The van der Waals surface area contributed by atoms with Crippen LogP contribution in [0.15, 0.2) is 18.2 Å². The van der Waals surface area contributed by atoms with E-state index < -0.39 is 0 Å². The van der Waals surface area contributed by atoms with E-state index in [1.54, 1.807) is 0 Å². The summed E-state index contributed by atoms with van der Waals surface area (Å²) >= 11 is 0. The molecule has 0 aromatic heterocycles. The summed E-state index contributed by atoms with van der Waals surface area (Å²) in [4.78, 5) is 13.9. The van der Waals surface area contributed by atoms with Crippen LogP contribution in [0.25, 0.3) is 0 Å². The zero-order valence-corrected chi connectivity index (χ0v) is 11.9. The van der Waals surface area contributed by atoms with Crippen molar-refractivity contribution in [3.05, 3.63) is 29.3 Å². The summed E-state index contributed by atoms with van der Waals surface area (Å²) in [5, 5.41) is 0. The second kappa shape index (κ2) is 6.60. The second-order valence-corrected chi connectivity index (χ2v) is 5.23. The molecule has 3 nitrogen and oxygen atoms in total. The minimum Gasteiger partial charge on any atom is -0.464 e. The second-order valence-electron chi connectivity index (χ2n) is 5.23. The van der Waals surface area contributed by atoms with E-state index in [9.17, 15) is 4.79 Å². The molecule has 0 fully saturated rings. The Balaban J connectivity index is 1.97. The third kappa shape index (κ3) is 3.72. The maximum Gasteiger partial charge on any atom is 0.325 e. The highest BCUT2D eigenvalue weighted by Crippen LogP contribution is 2.27. The number of anilines is 1. The van der Waals surface area contributed by atoms with Gasteiger partial charge in [-0.15, -0.1) is 0 Å². The smallest absolute Gasteiger partial charge is 0.325 e. The van der Waals surface area contributed by atoms with Gasteiger partial charge in [0, 0.05) is 12.2 Å². The van der Waals surface area contributed by atoms with Crippen molar-refractivity contribution >= 4 is 11.7 Å². The molecule has 0 bridgehead atoms. The fourth-order valence-corrected chi connectivity index (χ4v) is 2.50. The van der Waals surface area contributed by atoms with E-state index in [1.165, 1.54) is 16.8 Å². The van der Waals surface area contributed by atoms with Crippen molar-refractivity contribution < 1.29 is 9.53 Å². The van der Waals surface area contributed by atoms with Crippen LogP contribution in [0.2, 0.25) is 0 Å². The Labute approximate surface area is 115 Å². The van der Waals surface area contributed by atoms with Crippen LogP contribution in [0.3, 0.4) is 0 Å². The first-order chi connectivity index (χ1) is 9.20. The van der Waals surface area contributed by atoms with Gasteiger partial charge in [0.2, 0.25) is 0 Å². The third-order valence-electron chi connectivity index (χ3n) is 3.53. The molecular formula is C16H23NO2. The first-order valence-corrected chi connectivity index (χ1v) is 7.21. The number of rotatable bonds is 5. The standard InChI is InChI=1S/C16H23NO2/c1-3-4-10-19-16(18)12-17-9-5-6-14-11-13(2)7-8-15(14)17/h7-8,11H,3-6,9-10,12H2,1-2H3. The monoisotopic (exact) mass is 261 g/mol. The van der Waals surface area contributed by atoms with Crippen LogP contribution in [-0.4, -0.2) is 25.7 Å². The summed E-state index contributed by atoms with van der Waals surface area (Å²) in [7, 11) is 0. The molecule has 19 heavy (non-hydrogen) atoms. The molecule has 0 aliphatic carbocycles.